The Hall–Kier alpha value is -1.09. The van der Waals surface area contributed by atoms with Crippen molar-refractivity contribution in [3.63, 3.8) is 0 Å². The summed E-state index contributed by atoms with van der Waals surface area (Å²) in [6, 6.07) is 4.20. The molecule has 0 unspecified atom stereocenters. The summed E-state index contributed by atoms with van der Waals surface area (Å²) in [5, 5.41) is 3.16. The minimum atomic E-state index is 0.144. The molecule has 0 aliphatic heterocycles. The second kappa shape index (κ2) is 5.30. The van der Waals surface area contributed by atoms with Crippen molar-refractivity contribution in [3.8, 4) is 0 Å². The van der Waals surface area contributed by atoms with E-state index in [1.54, 1.807) is 0 Å². The Morgan fingerprint density at radius 1 is 1.44 bits per heavy atom. The van der Waals surface area contributed by atoms with Crippen LogP contribution in [-0.4, -0.2) is 24.6 Å². The molecule has 0 saturated carbocycles. The predicted molar refractivity (Wildman–Crippen MR) is 69.8 cm³/mol. The molecule has 0 aliphatic carbocycles. The Labute approximate surface area is 98.9 Å². The van der Waals surface area contributed by atoms with Crippen LogP contribution in [-0.2, 0) is 6.54 Å². The van der Waals surface area contributed by atoms with Crippen molar-refractivity contribution >= 4 is 5.82 Å². The highest BCUT2D eigenvalue weighted by Crippen LogP contribution is 2.23. The number of rotatable bonds is 5. The third kappa shape index (κ3) is 2.95. The fraction of sp³-hybridized carbons (Fsp3) is 0.615. The Morgan fingerprint density at radius 3 is 2.69 bits per heavy atom. The molecule has 0 aliphatic rings. The number of anilines is 1. The van der Waals surface area contributed by atoms with Crippen molar-refractivity contribution < 1.29 is 0 Å². The zero-order valence-electron chi connectivity index (χ0n) is 11.0. The largest absolute Gasteiger partial charge is 0.355 e. The summed E-state index contributed by atoms with van der Waals surface area (Å²) in [6.07, 6.45) is 2.98. The minimum absolute atomic E-state index is 0.144. The van der Waals surface area contributed by atoms with Crippen LogP contribution in [0.1, 0.15) is 32.8 Å². The zero-order chi connectivity index (χ0) is 12.2. The average Bonchev–Trinajstić information content (AvgIpc) is 2.29. The molecule has 1 aromatic heterocycles. The van der Waals surface area contributed by atoms with Crippen LogP contribution in [0.15, 0.2) is 18.3 Å². The van der Waals surface area contributed by atoms with Crippen molar-refractivity contribution in [1.82, 2.24) is 10.3 Å². The van der Waals surface area contributed by atoms with E-state index in [-0.39, 0.29) is 5.54 Å². The van der Waals surface area contributed by atoms with E-state index in [4.69, 9.17) is 0 Å². The first kappa shape index (κ1) is 13.0. The van der Waals surface area contributed by atoms with E-state index < -0.39 is 0 Å². The molecule has 1 aromatic rings. The lowest BCUT2D eigenvalue weighted by Crippen LogP contribution is -2.41. The molecule has 0 atom stereocenters. The van der Waals surface area contributed by atoms with Gasteiger partial charge >= 0.3 is 0 Å². The maximum Gasteiger partial charge on any atom is 0.128 e. The SMILES string of the molecule is CCC(C)(C)N(C)c1cc(CNC)ccn1. The third-order valence-electron chi connectivity index (χ3n) is 3.31. The van der Waals surface area contributed by atoms with Crippen LogP contribution in [0.25, 0.3) is 0 Å². The van der Waals surface area contributed by atoms with Gasteiger partial charge in [-0.2, -0.15) is 0 Å². The van der Waals surface area contributed by atoms with Crippen molar-refractivity contribution in [2.75, 3.05) is 19.0 Å². The molecule has 1 heterocycles. The van der Waals surface area contributed by atoms with E-state index in [1.807, 2.05) is 19.3 Å². The van der Waals surface area contributed by atoms with Crippen molar-refractivity contribution in [2.45, 2.75) is 39.3 Å². The molecule has 0 radical (unpaired) electrons. The van der Waals surface area contributed by atoms with Gasteiger partial charge in [0.15, 0.2) is 0 Å². The summed E-state index contributed by atoms with van der Waals surface area (Å²) in [5.74, 6) is 1.04. The molecular weight excluding hydrogens is 198 g/mol. The number of nitrogens with one attached hydrogen (secondary N) is 1. The molecule has 90 valence electrons. The van der Waals surface area contributed by atoms with Gasteiger partial charge in [0.2, 0.25) is 0 Å². The molecule has 1 N–H and O–H groups in total. The van der Waals surface area contributed by atoms with Crippen molar-refractivity contribution in [2.24, 2.45) is 0 Å². The van der Waals surface area contributed by atoms with Gasteiger partial charge in [-0.05, 0) is 45.0 Å². The summed E-state index contributed by atoms with van der Waals surface area (Å²) >= 11 is 0. The van der Waals surface area contributed by atoms with Gasteiger partial charge in [0.25, 0.3) is 0 Å². The number of hydrogen-bond acceptors (Lipinski definition) is 3. The molecule has 0 saturated heterocycles. The van der Waals surface area contributed by atoms with Crippen LogP contribution in [0.5, 0.6) is 0 Å². The van der Waals surface area contributed by atoms with Gasteiger partial charge < -0.3 is 10.2 Å². The summed E-state index contributed by atoms with van der Waals surface area (Å²) in [7, 11) is 4.06. The van der Waals surface area contributed by atoms with Gasteiger partial charge in [0.1, 0.15) is 5.82 Å². The van der Waals surface area contributed by atoms with Gasteiger partial charge in [0.05, 0.1) is 0 Å². The maximum atomic E-state index is 4.43. The smallest absolute Gasteiger partial charge is 0.128 e. The number of nitrogens with zero attached hydrogens (tertiary/aromatic N) is 2. The molecule has 3 heteroatoms. The third-order valence-corrected chi connectivity index (χ3v) is 3.31. The van der Waals surface area contributed by atoms with E-state index in [0.717, 1.165) is 18.8 Å². The first-order valence-electron chi connectivity index (χ1n) is 5.84. The van der Waals surface area contributed by atoms with E-state index in [9.17, 15) is 0 Å². The molecular formula is C13H23N3. The quantitative estimate of drug-likeness (QED) is 0.827. The van der Waals surface area contributed by atoms with E-state index >= 15 is 0 Å². The molecule has 0 aromatic carbocycles. The molecule has 0 fully saturated rings. The van der Waals surface area contributed by atoms with Crippen molar-refractivity contribution in [3.05, 3.63) is 23.9 Å². The van der Waals surface area contributed by atoms with Crippen LogP contribution < -0.4 is 10.2 Å². The highest BCUT2D eigenvalue weighted by molar-refractivity contribution is 5.42. The number of hydrogen-bond donors (Lipinski definition) is 1. The summed E-state index contributed by atoms with van der Waals surface area (Å²) in [5.41, 5.74) is 1.41. The zero-order valence-corrected chi connectivity index (χ0v) is 11.0. The molecule has 0 bridgehead atoms. The van der Waals surface area contributed by atoms with Crippen LogP contribution >= 0.6 is 0 Å². The molecule has 0 spiro atoms. The average molecular weight is 221 g/mol. The fourth-order valence-electron chi connectivity index (χ4n) is 1.51. The van der Waals surface area contributed by atoms with Gasteiger partial charge in [-0.25, -0.2) is 4.98 Å². The van der Waals surface area contributed by atoms with E-state index in [2.05, 4.69) is 49.1 Å². The Bertz CT molecular complexity index is 334. The summed E-state index contributed by atoms with van der Waals surface area (Å²) < 4.78 is 0. The van der Waals surface area contributed by atoms with Gasteiger partial charge in [-0.3, -0.25) is 0 Å². The van der Waals surface area contributed by atoms with Crippen LogP contribution in [0, 0.1) is 0 Å². The highest BCUT2D eigenvalue weighted by atomic mass is 15.2. The molecule has 16 heavy (non-hydrogen) atoms. The topological polar surface area (TPSA) is 28.2 Å². The Balaban J connectivity index is 2.91. The lowest BCUT2D eigenvalue weighted by molar-refractivity contribution is 0.467. The molecule has 1 rings (SSSR count). The maximum absolute atomic E-state index is 4.43. The lowest BCUT2D eigenvalue weighted by Gasteiger charge is -2.36. The number of aromatic nitrogens is 1. The van der Waals surface area contributed by atoms with E-state index in [0.29, 0.717) is 0 Å². The summed E-state index contributed by atoms with van der Waals surface area (Å²) in [6.45, 7) is 7.56. The predicted octanol–water partition coefficient (Wildman–Crippen LogP) is 2.43. The van der Waals surface area contributed by atoms with Gasteiger partial charge in [0, 0.05) is 25.3 Å². The lowest BCUT2D eigenvalue weighted by atomic mass is 10.00. The Morgan fingerprint density at radius 2 is 2.12 bits per heavy atom. The van der Waals surface area contributed by atoms with E-state index in [1.165, 1.54) is 5.56 Å². The number of pyridine rings is 1. The first-order valence-corrected chi connectivity index (χ1v) is 5.84. The van der Waals surface area contributed by atoms with Gasteiger partial charge in [-0.1, -0.05) is 6.92 Å². The molecule has 3 nitrogen and oxygen atoms in total. The molecule has 0 amide bonds. The Kier molecular flexibility index (Phi) is 4.30. The second-order valence-electron chi connectivity index (χ2n) is 4.78. The second-order valence-corrected chi connectivity index (χ2v) is 4.78. The minimum Gasteiger partial charge on any atom is -0.355 e. The van der Waals surface area contributed by atoms with Crippen molar-refractivity contribution in [1.29, 1.82) is 0 Å². The first-order chi connectivity index (χ1) is 7.51. The highest BCUT2D eigenvalue weighted by Gasteiger charge is 2.22. The van der Waals surface area contributed by atoms with Crippen LogP contribution in [0.2, 0.25) is 0 Å². The normalized spacial score (nSPS) is 11.6. The van der Waals surface area contributed by atoms with Crippen LogP contribution in [0.4, 0.5) is 5.82 Å². The fourth-order valence-corrected chi connectivity index (χ4v) is 1.51. The van der Waals surface area contributed by atoms with Crippen LogP contribution in [0.3, 0.4) is 0 Å². The van der Waals surface area contributed by atoms with Gasteiger partial charge in [-0.15, -0.1) is 0 Å². The summed E-state index contributed by atoms with van der Waals surface area (Å²) in [4.78, 5) is 6.68. The standard InChI is InChI=1S/C13H23N3/c1-6-13(2,3)16(5)12-9-11(10-14-4)7-8-15-12/h7-9,14H,6,10H2,1-5H3. The monoisotopic (exact) mass is 221 g/mol.